The summed E-state index contributed by atoms with van der Waals surface area (Å²) < 4.78 is 11.0. The van der Waals surface area contributed by atoms with Gasteiger partial charge in [0.25, 0.3) is 5.91 Å². The first-order valence-corrected chi connectivity index (χ1v) is 9.04. The summed E-state index contributed by atoms with van der Waals surface area (Å²) in [4.78, 5) is 29.3. The summed E-state index contributed by atoms with van der Waals surface area (Å²) in [6, 6.07) is 7.49. The molecule has 4 rings (SSSR count). The van der Waals surface area contributed by atoms with Crippen molar-refractivity contribution in [3.05, 3.63) is 29.8 Å². The third-order valence-electron chi connectivity index (χ3n) is 5.32. The SMILES string of the molecule is COc1ccc(C2C(C(=O)N3CCCC3)OCC(=O)N2C2CC2)cc1. The second-order valence-corrected chi connectivity index (χ2v) is 7.01. The van der Waals surface area contributed by atoms with E-state index in [1.807, 2.05) is 34.1 Å². The predicted octanol–water partition coefficient (Wildman–Crippen LogP) is 1.75. The number of nitrogens with zero attached hydrogens (tertiary/aromatic N) is 2. The molecular weight excluding hydrogens is 320 g/mol. The Morgan fingerprint density at radius 2 is 1.84 bits per heavy atom. The van der Waals surface area contributed by atoms with Crippen molar-refractivity contribution in [2.24, 2.45) is 0 Å². The number of hydrogen-bond donors (Lipinski definition) is 0. The maximum Gasteiger partial charge on any atom is 0.254 e. The van der Waals surface area contributed by atoms with Gasteiger partial charge in [-0.1, -0.05) is 12.1 Å². The lowest BCUT2D eigenvalue weighted by atomic mass is 9.96. The smallest absolute Gasteiger partial charge is 0.254 e. The molecule has 3 fully saturated rings. The number of hydrogen-bond acceptors (Lipinski definition) is 4. The molecule has 6 nitrogen and oxygen atoms in total. The summed E-state index contributed by atoms with van der Waals surface area (Å²) in [5.74, 6) is 0.748. The van der Waals surface area contributed by atoms with Gasteiger partial charge >= 0.3 is 0 Å². The fourth-order valence-electron chi connectivity index (χ4n) is 3.87. The van der Waals surface area contributed by atoms with Gasteiger partial charge in [-0.15, -0.1) is 0 Å². The van der Waals surface area contributed by atoms with Crippen LogP contribution >= 0.6 is 0 Å². The highest BCUT2D eigenvalue weighted by Crippen LogP contribution is 2.40. The van der Waals surface area contributed by atoms with Gasteiger partial charge in [0, 0.05) is 19.1 Å². The highest BCUT2D eigenvalue weighted by atomic mass is 16.5. The number of likely N-dealkylation sites (tertiary alicyclic amines) is 1. The van der Waals surface area contributed by atoms with Gasteiger partial charge in [-0.2, -0.15) is 0 Å². The first kappa shape index (κ1) is 16.4. The molecule has 3 aliphatic rings. The first-order chi connectivity index (χ1) is 12.2. The molecule has 1 aromatic carbocycles. The van der Waals surface area contributed by atoms with Crippen LogP contribution in [-0.2, 0) is 14.3 Å². The Hall–Kier alpha value is -2.08. The summed E-state index contributed by atoms with van der Waals surface area (Å²) >= 11 is 0. The third kappa shape index (κ3) is 3.11. The van der Waals surface area contributed by atoms with Crippen molar-refractivity contribution in [1.29, 1.82) is 0 Å². The zero-order chi connectivity index (χ0) is 17.4. The molecule has 1 aliphatic carbocycles. The highest BCUT2D eigenvalue weighted by Gasteiger charge is 2.48. The molecule has 2 unspecified atom stereocenters. The molecule has 1 aromatic rings. The van der Waals surface area contributed by atoms with Crippen molar-refractivity contribution in [3.8, 4) is 5.75 Å². The van der Waals surface area contributed by atoms with Gasteiger partial charge < -0.3 is 19.3 Å². The molecule has 0 N–H and O–H groups in total. The van der Waals surface area contributed by atoms with Crippen molar-refractivity contribution in [3.63, 3.8) is 0 Å². The van der Waals surface area contributed by atoms with Gasteiger partial charge in [0.2, 0.25) is 5.91 Å². The summed E-state index contributed by atoms with van der Waals surface area (Å²) in [6.07, 6.45) is 3.46. The molecular formula is C19H24N2O4. The van der Waals surface area contributed by atoms with Crippen LogP contribution in [0, 0.1) is 0 Å². The van der Waals surface area contributed by atoms with Crippen LogP contribution in [0.2, 0.25) is 0 Å². The van der Waals surface area contributed by atoms with Crippen molar-refractivity contribution in [2.75, 3.05) is 26.8 Å². The lowest BCUT2D eigenvalue weighted by Gasteiger charge is -2.42. The lowest BCUT2D eigenvalue weighted by Crippen LogP contribution is -2.55. The molecule has 2 saturated heterocycles. The van der Waals surface area contributed by atoms with E-state index in [-0.39, 0.29) is 30.5 Å². The zero-order valence-electron chi connectivity index (χ0n) is 14.5. The number of morpholine rings is 1. The Balaban J connectivity index is 1.67. The van der Waals surface area contributed by atoms with Crippen LogP contribution in [0.3, 0.4) is 0 Å². The highest BCUT2D eigenvalue weighted by molar-refractivity contribution is 5.87. The molecule has 1 saturated carbocycles. The Kier molecular flexibility index (Phi) is 4.37. The van der Waals surface area contributed by atoms with Crippen molar-refractivity contribution < 1.29 is 19.1 Å². The average molecular weight is 344 g/mol. The Bertz CT molecular complexity index is 650. The number of rotatable bonds is 4. The number of carbonyl (C=O) groups excluding carboxylic acids is 2. The molecule has 2 amide bonds. The fourth-order valence-corrected chi connectivity index (χ4v) is 3.87. The second-order valence-electron chi connectivity index (χ2n) is 7.01. The fraction of sp³-hybridized carbons (Fsp3) is 0.579. The maximum absolute atomic E-state index is 13.0. The molecule has 6 heteroatoms. The third-order valence-corrected chi connectivity index (χ3v) is 5.32. The van der Waals surface area contributed by atoms with Crippen LogP contribution in [0.5, 0.6) is 5.75 Å². The average Bonchev–Trinajstić information content (AvgIpc) is 3.33. The molecule has 25 heavy (non-hydrogen) atoms. The van der Waals surface area contributed by atoms with E-state index >= 15 is 0 Å². The van der Waals surface area contributed by atoms with Crippen LogP contribution in [0.4, 0.5) is 0 Å². The van der Waals surface area contributed by atoms with Crippen molar-refractivity contribution >= 4 is 11.8 Å². The van der Waals surface area contributed by atoms with Crippen molar-refractivity contribution in [2.45, 2.75) is 43.9 Å². The van der Waals surface area contributed by atoms with Gasteiger partial charge in [0.15, 0.2) is 6.10 Å². The van der Waals surface area contributed by atoms with Crippen LogP contribution in [0.1, 0.15) is 37.3 Å². The normalized spacial score (nSPS) is 26.8. The molecule has 134 valence electrons. The number of amides is 2. The predicted molar refractivity (Wildman–Crippen MR) is 91.2 cm³/mol. The van der Waals surface area contributed by atoms with Gasteiger partial charge in [-0.3, -0.25) is 9.59 Å². The summed E-state index contributed by atoms with van der Waals surface area (Å²) in [5, 5.41) is 0. The lowest BCUT2D eigenvalue weighted by molar-refractivity contribution is -0.169. The first-order valence-electron chi connectivity index (χ1n) is 9.04. The van der Waals surface area contributed by atoms with E-state index in [4.69, 9.17) is 9.47 Å². The number of ether oxygens (including phenoxy) is 2. The van der Waals surface area contributed by atoms with Crippen LogP contribution in [0.15, 0.2) is 24.3 Å². The van der Waals surface area contributed by atoms with E-state index in [2.05, 4.69) is 0 Å². The van der Waals surface area contributed by atoms with Crippen LogP contribution in [-0.4, -0.2) is 60.6 Å². The standard InChI is InChI=1S/C19H24N2O4/c1-24-15-8-4-13(5-9-15)17-18(19(23)20-10-2-3-11-20)25-12-16(22)21(17)14-6-7-14/h4-5,8-9,14,17-18H,2-3,6-7,10-12H2,1H3. The molecule has 2 atom stereocenters. The van der Waals surface area contributed by atoms with E-state index < -0.39 is 6.10 Å². The van der Waals surface area contributed by atoms with Gasteiger partial charge in [-0.05, 0) is 43.4 Å². The Morgan fingerprint density at radius 3 is 2.44 bits per heavy atom. The van der Waals surface area contributed by atoms with Crippen LogP contribution < -0.4 is 4.74 Å². The topological polar surface area (TPSA) is 59.1 Å². The van der Waals surface area contributed by atoms with E-state index in [1.54, 1.807) is 7.11 Å². The number of carbonyl (C=O) groups is 2. The van der Waals surface area contributed by atoms with Crippen molar-refractivity contribution in [1.82, 2.24) is 9.80 Å². The number of methoxy groups -OCH3 is 1. The van der Waals surface area contributed by atoms with Crippen LogP contribution in [0.25, 0.3) is 0 Å². The molecule has 0 radical (unpaired) electrons. The second kappa shape index (κ2) is 6.67. The molecule has 2 aliphatic heterocycles. The molecule has 0 spiro atoms. The quantitative estimate of drug-likeness (QED) is 0.835. The Labute approximate surface area is 147 Å². The van der Waals surface area contributed by atoms with Gasteiger partial charge in [0.1, 0.15) is 12.4 Å². The minimum atomic E-state index is -0.621. The van der Waals surface area contributed by atoms with E-state index in [1.165, 1.54) is 0 Å². The maximum atomic E-state index is 13.0. The van der Waals surface area contributed by atoms with E-state index in [9.17, 15) is 9.59 Å². The van der Waals surface area contributed by atoms with Gasteiger partial charge in [0.05, 0.1) is 13.2 Å². The summed E-state index contributed by atoms with van der Waals surface area (Å²) in [6.45, 7) is 1.56. The molecule has 0 bridgehead atoms. The van der Waals surface area contributed by atoms with E-state index in [0.29, 0.717) is 0 Å². The zero-order valence-corrected chi connectivity index (χ0v) is 14.5. The Morgan fingerprint density at radius 1 is 1.16 bits per heavy atom. The molecule has 2 heterocycles. The largest absolute Gasteiger partial charge is 0.497 e. The summed E-state index contributed by atoms with van der Waals surface area (Å²) in [5.41, 5.74) is 0.929. The minimum absolute atomic E-state index is 0.00655. The minimum Gasteiger partial charge on any atom is -0.497 e. The van der Waals surface area contributed by atoms with Gasteiger partial charge in [-0.25, -0.2) is 0 Å². The number of benzene rings is 1. The monoisotopic (exact) mass is 344 g/mol. The van der Waals surface area contributed by atoms with E-state index in [0.717, 1.165) is 50.1 Å². The molecule has 0 aromatic heterocycles. The summed E-state index contributed by atoms with van der Waals surface area (Å²) in [7, 11) is 1.62.